The van der Waals surface area contributed by atoms with Gasteiger partial charge in [-0.2, -0.15) is 0 Å². The summed E-state index contributed by atoms with van der Waals surface area (Å²) in [7, 11) is 1.60. The largest absolute Gasteiger partial charge is 0.356 e. The number of nitrogens with one attached hydrogen (secondary N) is 3. The van der Waals surface area contributed by atoms with Crippen LogP contribution < -0.4 is 10.6 Å². The van der Waals surface area contributed by atoms with Crippen LogP contribution in [0, 0.1) is 12.7 Å². The van der Waals surface area contributed by atoms with Gasteiger partial charge in [-0.15, -0.1) is 0 Å². The number of fused-ring (bicyclic) bond motifs is 1. The number of halogens is 1. The molecule has 162 valence electrons. The van der Waals surface area contributed by atoms with Crippen LogP contribution in [0.2, 0.25) is 0 Å². The van der Waals surface area contributed by atoms with E-state index in [4.69, 9.17) is 0 Å². The van der Waals surface area contributed by atoms with Crippen LogP contribution in [0.5, 0.6) is 0 Å². The molecule has 0 bridgehead atoms. The number of carbonyl (C=O) groups is 2. The Labute approximate surface area is 185 Å². The van der Waals surface area contributed by atoms with Gasteiger partial charge in [-0.25, -0.2) is 4.39 Å². The quantitative estimate of drug-likeness (QED) is 0.419. The number of aryl methyl sites for hydroxylation is 1. The highest BCUT2D eigenvalue weighted by atomic mass is 19.1. The lowest BCUT2D eigenvalue weighted by Gasteiger charge is -2.08. The molecular formula is C26H24FN3O2. The lowest BCUT2D eigenvalue weighted by Crippen LogP contribution is -2.25. The molecule has 0 atom stereocenters. The number of carbonyl (C=O) groups excluding carboxylic acids is 2. The second-order valence-corrected chi connectivity index (χ2v) is 7.63. The van der Waals surface area contributed by atoms with Crippen LogP contribution in [0.1, 0.15) is 32.0 Å². The number of hydrogen-bond acceptors (Lipinski definition) is 2. The van der Waals surface area contributed by atoms with Crippen LogP contribution in [0.15, 0.2) is 66.7 Å². The fourth-order valence-corrected chi connectivity index (χ4v) is 3.87. The zero-order valence-corrected chi connectivity index (χ0v) is 18.0. The van der Waals surface area contributed by atoms with Crippen molar-refractivity contribution in [3.8, 4) is 11.1 Å². The van der Waals surface area contributed by atoms with Crippen LogP contribution in [0.3, 0.4) is 0 Å². The molecule has 0 aliphatic carbocycles. The van der Waals surface area contributed by atoms with Gasteiger partial charge in [-0.1, -0.05) is 36.4 Å². The van der Waals surface area contributed by atoms with E-state index < -0.39 is 0 Å². The molecule has 2 amide bonds. The van der Waals surface area contributed by atoms with E-state index in [1.54, 1.807) is 37.4 Å². The lowest BCUT2D eigenvalue weighted by atomic mass is 10.0. The van der Waals surface area contributed by atoms with Crippen molar-refractivity contribution in [1.29, 1.82) is 0 Å². The van der Waals surface area contributed by atoms with E-state index in [0.717, 1.165) is 27.8 Å². The lowest BCUT2D eigenvalue weighted by molar-refractivity contribution is 0.0949. The Morgan fingerprint density at radius 1 is 0.875 bits per heavy atom. The molecule has 0 aliphatic heterocycles. The molecule has 32 heavy (non-hydrogen) atoms. The van der Waals surface area contributed by atoms with Crippen LogP contribution in [-0.2, 0) is 6.42 Å². The van der Waals surface area contributed by atoms with Crippen LogP contribution in [0.25, 0.3) is 22.0 Å². The van der Waals surface area contributed by atoms with E-state index in [1.165, 1.54) is 6.07 Å². The number of rotatable bonds is 6. The van der Waals surface area contributed by atoms with Gasteiger partial charge in [0.2, 0.25) is 0 Å². The fraction of sp³-hybridized carbons (Fsp3) is 0.154. The van der Waals surface area contributed by atoms with Crippen molar-refractivity contribution >= 4 is 22.7 Å². The highest BCUT2D eigenvalue weighted by Gasteiger charge is 2.12. The van der Waals surface area contributed by atoms with Crippen molar-refractivity contribution in [1.82, 2.24) is 15.6 Å². The van der Waals surface area contributed by atoms with Crippen LogP contribution in [0.4, 0.5) is 4.39 Å². The van der Waals surface area contributed by atoms with Gasteiger partial charge in [0.05, 0.1) is 5.52 Å². The van der Waals surface area contributed by atoms with Gasteiger partial charge < -0.3 is 15.6 Å². The van der Waals surface area contributed by atoms with E-state index in [1.807, 2.05) is 37.3 Å². The summed E-state index contributed by atoms with van der Waals surface area (Å²) in [6.07, 6.45) is 0.608. The minimum Gasteiger partial charge on any atom is -0.356 e. The first-order valence-electron chi connectivity index (χ1n) is 10.4. The standard InChI is InChI=1S/C26H24FN3O2/c1-16-21(22-4-3-5-23(27)24(22)30-16)14-15-29-26(32)20-12-8-18(9-13-20)17-6-10-19(11-7-17)25(31)28-2/h3-13,30H,14-15H2,1-2H3,(H,28,31)(H,29,32). The first kappa shape index (κ1) is 21.3. The molecule has 0 radical (unpaired) electrons. The smallest absolute Gasteiger partial charge is 0.251 e. The number of amides is 2. The monoisotopic (exact) mass is 429 g/mol. The van der Waals surface area contributed by atoms with Crippen molar-refractivity contribution in [2.45, 2.75) is 13.3 Å². The molecular weight excluding hydrogens is 405 g/mol. The molecule has 0 saturated carbocycles. The highest BCUT2D eigenvalue weighted by molar-refractivity contribution is 5.95. The van der Waals surface area contributed by atoms with Gasteiger partial charge >= 0.3 is 0 Å². The first-order chi connectivity index (χ1) is 15.5. The normalized spacial score (nSPS) is 10.8. The second-order valence-electron chi connectivity index (χ2n) is 7.63. The van der Waals surface area contributed by atoms with Gasteiger partial charge in [0, 0.05) is 35.8 Å². The Bertz CT molecular complexity index is 1280. The summed E-state index contributed by atoms with van der Waals surface area (Å²) in [6, 6.07) is 19.7. The Morgan fingerprint density at radius 2 is 1.47 bits per heavy atom. The summed E-state index contributed by atoms with van der Waals surface area (Å²) >= 11 is 0. The molecule has 0 spiro atoms. The third kappa shape index (κ3) is 4.25. The molecule has 1 heterocycles. The number of para-hydroxylation sites is 1. The van der Waals surface area contributed by atoms with Gasteiger partial charge in [-0.05, 0) is 60.4 Å². The summed E-state index contributed by atoms with van der Waals surface area (Å²) in [5.41, 5.74) is 5.51. The Morgan fingerprint density at radius 3 is 2.06 bits per heavy atom. The molecule has 0 saturated heterocycles. The van der Waals surface area contributed by atoms with Crippen LogP contribution >= 0.6 is 0 Å². The highest BCUT2D eigenvalue weighted by Crippen LogP contribution is 2.24. The third-order valence-corrected chi connectivity index (χ3v) is 5.62. The predicted octanol–water partition coefficient (Wildman–Crippen LogP) is 4.61. The average molecular weight is 429 g/mol. The molecule has 5 nitrogen and oxygen atoms in total. The Hall–Kier alpha value is -3.93. The SMILES string of the molecule is CNC(=O)c1ccc(-c2ccc(C(=O)NCCc3c(C)[nH]c4c(F)cccc34)cc2)cc1. The number of aromatic amines is 1. The van der Waals surface area contributed by atoms with Crippen LogP contribution in [-0.4, -0.2) is 30.4 Å². The maximum absolute atomic E-state index is 14.0. The van der Waals surface area contributed by atoms with Crippen molar-refractivity contribution < 1.29 is 14.0 Å². The molecule has 3 aromatic carbocycles. The van der Waals surface area contributed by atoms with E-state index in [-0.39, 0.29) is 17.6 Å². The fourth-order valence-electron chi connectivity index (χ4n) is 3.87. The summed E-state index contributed by atoms with van der Waals surface area (Å²) in [6.45, 7) is 2.36. The van der Waals surface area contributed by atoms with E-state index in [2.05, 4.69) is 15.6 Å². The first-order valence-corrected chi connectivity index (χ1v) is 10.4. The van der Waals surface area contributed by atoms with Crippen molar-refractivity contribution in [3.63, 3.8) is 0 Å². The molecule has 4 rings (SSSR count). The summed E-state index contributed by atoms with van der Waals surface area (Å²) in [4.78, 5) is 27.3. The molecule has 0 unspecified atom stereocenters. The number of benzene rings is 3. The van der Waals surface area contributed by atoms with Gasteiger partial charge in [0.15, 0.2) is 0 Å². The maximum atomic E-state index is 14.0. The Kier molecular flexibility index (Phi) is 6.03. The van der Waals surface area contributed by atoms with E-state index >= 15 is 0 Å². The molecule has 1 aromatic heterocycles. The minimum absolute atomic E-state index is 0.128. The number of hydrogen-bond donors (Lipinski definition) is 3. The van der Waals surface area contributed by atoms with Gasteiger partial charge in [0.1, 0.15) is 5.82 Å². The summed E-state index contributed by atoms with van der Waals surface area (Å²) in [5, 5.41) is 6.39. The summed E-state index contributed by atoms with van der Waals surface area (Å²) < 4.78 is 14.0. The zero-order valence-electron chi connectivity index (χ0n) is 18.0. The minimum atomic E-state index is -0.274. The maximum Gasteiger partial charge on any atom is 0.251 e. The van der Waals surface area contributed by atoms with E-state index in [0.29, 0.717) is 29.6 Å². The number of aromatic nitrogens is 1. The molecule has 0 fully saturated rings. The topological polar surface area (TPSA) is 74.0 Å². The molecule has 6 heteroatoms. The molecule has 0 aliphatic rings. The average Bonchev–Trinajstić information content (AvgIpc) is 3.15. The second kappa shape index (κ2) is 9.06. The third-order valence-electron chi connectivity index (χ3n) is 5.62. The number of H-pyrrole nitrogens is 1. The Balaban J connectivity index is 1.39. The van der Waals surface area contributed by atoms with Crippen molar-refractivity contribution in [2.75, 3.05) is 13.6 Å². The van der Waals surface area contributed by atoms with E-state index in [9.17, 15) is 14.0 Å². The molecule has 3 N–H and O–H groups in total. The predicted molar refractivity (Wildman–Crippen MR) is 124 cm³/mol. The van der Waals surface area contributed by atoms with Crippen molar-refractivity contribution in [3.05, 3.63) is 94.9 Å². The zero-order chi connectivity index (χ0) is 22.7. The van der Waals surface area contributed by atoms with Gasteiger partial charge in [-0.3, -0.25) is 9.59 Å². The summed E-state index contributed by atoms with van der Waals surface area (Å²) in [5.74, 6) is -0.559. The van der Waals surface area contributed by atoms with Gasteiger partial charge in [0.25, 0.3) is 11.8 Å². The molecule has 4 aromatic rings. The van der Waals surface area contributed by atoms with Crippen molar-refractivity contribution in [2.24, 2.45) is 0 Å².